The minimum atomic E-state index is 0.0134. The van der Waals surface area contributed by atoms with Crippen molar-refractivity contribution in [3.8, 4) is 0 Å². The van der Waals surface area contributed by atoms with Crippen LogP contribution < -0.4 is 0 Å². The van der Waals surface area contributed by atoms with Crippen LogP contribution in [0.5, 0.6) is 0 Å². The molecule has 0 bridgehead atoms. The van der Waals surface area contributed by atoms with Crippen LogP contribution in [0.15, 0.2) is 12.3 Å². The first-order valence-corrected chi connectivity index (χ1v) is 6.28. The zero-order chi connectivity index (χ0) is 10.7. The normalized spacial score (nSPS) is 21.3. The minimum Gasteiger partial charge on any atom is -0.293 e. The molecule has 0 radical (unpaired) electrons. The molecule has 1 saturated heterocycles. The molecule has 0 N–H and O–H groups in total. The van der Waals surface area contributed by atoms with E-state index < -0.39 is 0 Å². The van der Waals surface area contributed by atoms with Gasteiger partial charge in [0, 0.05) is 13.1 Å². The summed E-state index contributed by atoms with van der Waals surface area (Å²) in [6.07, 6.45) is 5.35. The van der Waals surface area contributed by atoms with Crippen LogP contribution in [0, 0.1) is 0 Å². The number of nitrogens with zero attached hydrogens (tertiary/aromatic N) is 2. The number of Topliss-reactive ketones (excluding diaryl/α,β-unsaturated/α-hetero) is 1. The van der Waals surface area contributed by atoms with E-state index in [1.54, 1.807) is 19.2 Å². The van der Waals surface area contributed by atoms with Crippen molar-refractivity contribution < 1.29 is 4.79 Å². The van der Waals surface area contributed by atoms with Gasteiger partial charge in [0.1, 0.15) is 11.5 Å². The third-order valence-corrected chi connectivity index (χ3v) is 3.88. The Morgan fingerprint density at radius 2 is 2.40 bits per heavy atom. The molecule has 1 aromatic rings. The maximum absolute atomic E-state index is 11.2. The van der Waals surface area contributed by atoms with E-state index in [-0.39, 0.29) is 5.78 Å². The fourth-order valence-electron chi connectivity index (χ4n) is 1.67. The Morgan fingerprint density at radius 3 is 3.07 bits per heavy atom. The highest BCUT2D eigenvalue weighted by Gasteiger charge is 2.19. The van der Waals surface area contributed by atoms with Crippen LogP contribution in [0.25, 0.3) is 0 Å². The smallest absolute Gasteiger partial charge is 0.178 e. The minimum absolute atomic E-state index is 0.0134. The summed E-state index contributed by atoms with van der Waals surface area (Å²) in [7, 11) is 0. The zero-order valence-electron chi connectivity index (χ0n) is 8.77. The molecule has 0 amide bonds. The monoisotopic (exact) mass is 222 g/mol. The fraction of sp³-hybridized carbons (Fsp3) is 0.545. The van der Waals surface area contributed by atoms with Crippen LogP contribution in [-0.2, 0) is 0 Å². The molecule has 1 aromatic heterocycles. The van der Waals surface area contributed by atoms with Gasteiger partial charge in [-0.2, -0.15) is 11.8 Å². The largest absolute Gasteiger partial charge is 0.293 e. The Bertz CT molecular complexity index is 361. The topological polar surface area (TPSA) is 42.9 Å². The van der Waals surface area contributed by atoms with Gasteiger partial charge in [-0.05, 0) is 24.7 Å². The Morgan fingerprint density at radius 1 is 1.53 bits per heavy atom. The molecule has 15 heavy (non-hydrogen) atoms. The first-order chi connectivity index (χ1) is 7.27. The third kappa shape index (κ3) is 2.56. The zero-order valence-corrected chi connectivity index (χ0v) is 9.59. The van der Waals surface area contributed by atoms with Crippen molar-refractivity contribution in [2.45, 2.75) is 31.4 Å². The predicted molar refractivity (Wildman–Crippen MR) is 61.1 cm³/mol. The van der Waals surface area contributed by atoms with Gasteiger partial charge in [-0.1, -0.05) is 6.42 Å². The summed E-state index contributed by atoms with van der Waals surface area (Å²) in [4.78, 5) is 19.8. The Hall–Kier alpha value is -0.900. The maximum Gasteiger partial charge on any atom is 0.178 e. The van der Waals surface area contributed by atoms with Gasteiger partial charge < -0.3 is 0 Å². The SMILES string of the molecule is CC(=O)c1ccnc(C2CCCCS2)n1. The number of hydrogen-bond acceptors (Lipinski definition) is 4. The molecule has 2 heterocycles. The Balaban J connectivity index is 2.19. The molecule has 0 aliphatic carbocycles. The molecule has 80 valence electrons. The average molecular weight is 222 g/mol. The summed E-state index contributed by atoms with van der Waals surface area (Å²) < 4.78 is 0. The highest BCUT2D eigenvalue weighted by Crippen LogP contribution is 2.36. The van der Waals surface area contributed by atoms with Crippen LogP contribution in [-0.4, -0.2) is 21.5 Å². The number of hydrogen-bond donors (Lipinski definition) is 0. The predicted octanol–water partition coefficient (Wildman–Crippen LogP) is 2.64. The molecule has 2 rings (SSSR count). The number of aromatic nitrogens is 2. The first-order valence-electron chi connectivity index (χ1n) is 5.23. The van der Waals surface area contributed by atoms with E-state index in [0.29, 0.717) is 10.9 Å². The maximum atomic E-state index is 11.2. The van der Waals surface area contributed by atoms with Crippen molar-refractivity contribution in [1.29, 1.82) is 0 Å². The van der Waals surface area contributed by atoms with E-state index in [4.69, 9.17) is 0 Å². The first kappa shape index (κ1) is 10.6. The molecule has 1 fully saturated rings. The van der Waals surface area contributed by atoms with E-state index >= 15 is 0 Å². The second-order valence-electron chi connectivity index (χ2n) is 3.71. The van der Waals surface area contributed by atoms with Crippen molar-refractivity contribution in [1.82, 2.24) is 9.97 Å². The molecule has 1 aliphatic heterocycles. The standard InChI is InChI=1S/C11H14N2OS/c1-8(14)9-5-6-12-11(13-9)10-4-2-3-7-15-10/h5-6,10H,2-4,7H2,1H3. The number of ketones is 1. The van der Waals surface area contributed by atoms with Gasteiger partial charge in [-0.3, -0.25) is 4.79 Å². The molecule has 0 spiro atoms. The van der Waals surface area contributed by atoms with E-state index in [9.17, 15) is 4.79 Å². The van der Waals surface area contributed by atoms with Gasteiger partial charge in [0.05, 0.1) is 5.25 Å². The van der Waals surface area contributed by atoms with Crippen LogP contribution in [0.2, 0.25) is 0 Å². The molecule has 1 aliphatic rings. The second kappa shape index (κ2) is 4.75. The molecular weight excluding hydrogens is 208 g/mol. The van der Waals surface area contributed by atoms with Crippen molar-refractivity contribution in [2.75, 3.05) is 5.75 Å². The summed E-state index contributed by atoms with van der Waals surface area (Å²) in [6.45, 7) is 1.54. The van der Waals surface area contributed by atoms with E-state index in [1.165, 1.54) is 18.6 Å². The summed E-state index contributed by atoms with van der Waals surface area (Å²) in [5.74, 6) is 2.02. The molecule has 0 saturated carbocycles. The lowest BCUT2D eigenvalue weighted by Gasteiger charge is -2.19. The van der Waals surface area contributed by atoms with Crippen molar-refractivity contribution >= 4 is 17.5 Å². The highest BCUT2D eigenvalue weighted by molar-refractivity contribution is 7.99. The molecule has 1 atom stereocenters. The van der Waals surface area contributed by atoms with E-state index in [0.717, 1.165) is 12.2 Å². The Kier molecular flexibility index (Phi) is 3.36. The van der Waals surface area contributed by atoms with Gasteiger partial charge in [0.25, 0.3) is 0 Å². The molecule has 3 nitrogen and oxygen atoms in total. The van der Waals surface area contributed by atoms with Crippen molar-refractivity contribution in [3.05, 3.63) is 23.8 Å². The van der Waals surface area contributed by atoms with Gasteiger partial charge in [0.2, 0.25) is 0 Å². The van der Waals surface area contributed by atoms with Crippen LogP contribution in [0.4, 0.5) is 0 Å². The van der Waals surface area contributed by atoms with Gasteiger partial charge in [-0.25, -0.2) is 9.97 Å². The van der Waals surface area contributed by atoms with Crippen LogP contribution in [0.3, 0.4) is 0 Å². The van der Waals surface area contributed by atoms with Crippen LogP contribution in [0.1, 0.15) is 47.7 Å². The third-order valence-electron chi connectivity index (χ3n) is 2.50. The number of carbonyl (C=O) groups excluding carboxylic acids is 1. The number of rotatable bonds is 2. The molecular formula is C11H14N2OS. The van der Waals surface area contributed by atoms with Crippen LogP contribution >= 0.6 is 11.8 Å². The fourth-order valence-corrected chi connectivity index (χ4v) is 2.92. The lowest BCUT2D eigenvalue weighted by atomic mass is 10.2. The lowest BCUT2D eigenvalue weighted by molar-refractivity contribution is 0.101. The van der Waals surface area contributed by atoms with Crippen molar-refractivity contribution in [2.24, 2.45) is 0 Å². The quantitative estimate of drug-likeness (QED) is 0.721. The molecule has 1 unspecified atom stereocenters. The van der Waals surface area contributed by atoms with Gasteiger partial charge in [-0.15, -0.1) is 0 Å². The summed E-state index contributed by atoms with van der Waals surface area (Å²) in [6, 6.07) is 1.68. The van der Waals surface area contributed by atoms with Gasteiger partial charge >= 0.3 is 0 Å². The van der Waals surface area contributed by atoms with E-state index in [1.807, 2.05) is 11.8 Å². The number of carbonyl (C=O) groups is 1. The highest BCUT2D eigenvalue weighted by atomic mass is 32.2. The Labute approximate surface area is 93.7 Å². The second-order valence-corrected chi connectivity index (χ2v) is 5.02. The molecule has 4 heteroatoms. The summed E-state index contributed by atoms with van der Waals surface area (Å²) in [5, 5.41) is 0.387. The average Bonchev–Trinajstić information content (AvgIpc) is 2.30. The van der Waals surface area contributed by atoms with Crippen molar-refractivity contribution in [3.63, 3.8) is 0 Å². The summed E-state index contributed by atoms with van der Waals surface area (Å²) >= 11 is 1.90. The van der Waals surface area contributed by atoms with E-state index in [2.05, 4.69) is 9.97 Å². The number of thioether (sulfide) groups is 1. The van der Waals surface area contributed by atoms with Gasteiger partial charge in [0.15, 0.2) is 5.78 Å². The molecule has 0 aromatic carbocycles. The summed E-state index contributed by atoms with van der Waals surface area (Å²) in [5.41, 5.74) is 0.533. The lowest BCUT2D eigenvalue weighted by Crippen LogP contribution is -2.09.